The summed E-state index contributed by atoms with van der Waals surface area (Å²) in [4.78, 5) is 20.5. The Balaban J connectivity index is 1.58. The number of carbonyl (C=O) groups excluding carboxylic acids is 1. The van der Waals surface area contributed by atoms with Gasteiger partial charge in [-0.25, -0.2) is 4.39 Å². The lowest BCUT2D eigenvalue weighted by atomic mass is 10.0. The molecular weight excluding hydrogens is 425 g/mol. The van der Waals surface area contributed by atoms with Crippen LogP contribution >= 0.6 is 0 Å². The van der Waals surface area contributed by atoms with Gasteiger partial charge in [0.2, 0.25) is 0 Å². The highest BCUT2D eigenvalue weighted by atomic mass is 19.1. The van der Waals surface area contributed by atoms with Gasteiger partial charge in [-0.15, -0.1) is 0 Å². The van der Waals surface area contributed by atoms with Crippen LogP contribution in [0.2, 0.25) is 0 Å². The minimum absolute atomic E-state index is 0.0770. The van der Waals surface area contributed by atoms with Crippen LogP contribution in [0.1, 0.15) is 28.9 Å². The smallest absolute Gasteiger partial charge is 0.255 e. The molecule has 0 saturated carbocycles. The first-order valence-corrected chi connectivity index (χ1v) is 11.1. The second kappa shape index (κ2) is 9.11. The molecule has 1 amide bonds. The molecule has 4 heterocycles. The van der Waals surface area contributed by atoms with Gasteiger partial charge in [-0.1, -0.05) is 6.07 Å². The number of aromatic amines is 1. The quantitative estimate of drug-likeness (QED) is 0.440. The summed E-state index contributed by atoms with van der Waals surface area (Å²) in [5.74, 6) is 0.00536. The molecule has 1 fully saturated rings. The highest BCUT2D eigenvalue weighted by Crippen LogP contribution is 2.42. The zero-order valence-corrected chi connectivity index (χ0v) is 18.3. The Kier molecular flexibility index (Phi) is 5.87. The average molecular weight is 452 g/mol. The zero-order valence-electron chi connectivity index (χ0n) is 18.3. The van der Waals surface area contributed by atoms with Gasteiger partial charge in [0.25, 0.3) is 5.91 Å². The van der Waals surface area contributed by atoms with Crippen LogP contribution in [-0.4, -0.2) is 48.7 Å². The number of benzene rings is 1. The maximum Gasteiger partial charge on any atom is 0.255 e. The molecule has 172 valence electrons. The minimum atomic E-state index is -0.491. The van der Waals surface area contributed by atoms with Crippen molar-refractivity contribution in [1.29, 1.82) is 0 Å². The number of para-hydroxylation sites is 1. The first-order valence-electron chi connectivity index (χ1n) is 11.1. The van der Waals surface area contributed by atoms with Gasteiger partial charge in [0.1, 0.15) is 12.4 Å². The Labute approximate surface area is 190 Å². The van der Waals surface area contributed by atoms with Crippen LogP contribution in [0.25, 0.3) is 11.3 Å². The van der Waals surface area contributed by atoms with Crippen molar-refractivity contribution >= 4 is 17.3 Å². The van der Waals surface area contributed by atoms with E-state index < -0.39 is 5.82 Å². The number of aromatic nitrogens is 2. The number of anilines is 2. The number of ether oxygens (including phenoxy) is 2. The minimum Gasteiger partial charge on any atom is -0.492 e. The summed E-state index contributed by atoms with van der Waals surface area (Å²) in [6, 6.07) is 6.78. The van der Waals surface area contributed by atoms with Gasteiger partial charge in [0, 0.05) is 36.5 Å². The maximum atomic E-state index is 14.3. The molecule has 1 saturated heterocycles. The van der Waals surface area contributed by atoms with E-state index in [0.717, 1.165) is 30.6 Å². The van der Waals surface area contributed by atoms with E-state index in [1.54, 1.807) is 24.5 Å². The van der Waals surface area contributed by atoms with Crippen LogP contribution in [0.5, 0.6) is 11.5 Å². The van der Waals surface area contributed by atoms with E-state index in [-0.39, 0.29) is 11.7 Å². The summed E-state index contributed by atoms with van der Waals surface area (Å²) in [5, 5.41) is 9.56. The van der Waals surface area contributed by atoms with E-state index in [1.165, 1.54) is 13.2 Å². The molecule has 9 heteroatoms. The van der Waals surface area contributed by atoms with E-state index in [1.807, 2.05) is 6.07 Å². The van der Waals surface area contributed by atoms with E-state index in [4.69, 9.17) is 9.47 Å². The predicted octanol–water partition coefficient (Wildman–Crippen LogP) is 3.38. The van der Waals surface area contributed by atoms with Gasteiger partial charge in [-0.2, -0.15) is 0 Å². The van der Waals surface area contributed by atoms with Gasteiger partial charge in [0.05, 0.1) is 35.9 Å². The van der Waals surface area contributed by atoms with E-state index in [9.17, 15) is 9.18 Å². The Morgan fingerprint density at radius 1 is 1.27 bits per heavy atom. The van der Waals surface area contributed by atoms with Gasteiger partial charge in [-0.05, 0) is 37.6 Å². The largest absolute Gasteiger partial charge is 0.492 e. The summed E-state index contributed by atoms with van der Waals surface area (Å²) in [6.07, 6.45) is 6.22. The Bertz CT molecular complexity index is 1170. The van der Waals surface area contributed by atoms with Gasteiger partial charge >= 0.3 is 0 Å². The topological polar surface area (TPSA) is 100 Å². The molecule has 2 aromatic heterocycles. The Hall–Kier alpha value is -3.59. The van der Waals surface area contributed by atoms with Crippen molar-refractivity contribution in [3.05, 3.63) is 53.7 Å². The van der Waals surface area contributed by atoms with Gasteiger partial charge < -0.3 is 30.4 Å². The summed E-state index contributed by atoms with van der Waals surface area (Å²) in [6.45, 7) is 2.07. The predicted molar refractivity (Wildman–Crippen MR) is 123 cm³/mol. The third-order valence-electron chi connectivity index (χ3n) is 6.05. The van der Waals surface area contributed by atoms with Gasteiger partial charge in [-0.3, -0.25) is 9.78 Å². The molecule has 1 atom stereocenters. The van der Waals surface area contributed by atoms with Crippen molar-refractivity contribution in [2.75, 3.05) is 32.1 Å². The molecule has 4 N–H and O–H groups in total. The number of nitrogens with one attached hydrogen (secondary N) is 4. The number of hydrogen-bond acceptors (Lipinski definition) is 6. The van der Waals surface area contributed by atoms with E-state index in [2.05, 4.69) is 25.9 Å². The summed E-state index contributed by atoms with van der Waals surface area (Å²) < 4.78 is 25.8. The number of H-pyrrole nitrogens is 1. The fourth-order valence-electron chi connectivity index (χ4n) is 4.45. The number of hydrogen-bond donors (Lipinski definition) is 4. The molecule has 0 bridgehead atoms. The number of fused-ring (bicyclic) bond motifs is 1. The molecule has 5 rings (SSSR count). The SMILES string of the molecule is COc1c(F)cccc1Nc1c(-c2ccncc2OC[C@@H]2CCCN2)[nH]c2c1C(=O)NCC2. The van der Waals surface area contributed by atoms with Crippen molar-refractivity contribution in [3.8, 4) is 22.8 Å². The van der Waals surface area contributed by atoms with Crippen molar-refractivity contribution in [2.24, 2.45) is 0 Å². The fraction of sp³-hybridized carbons (Fsp3) is 0.333. The third-order valence-corrected chi connectivity index (χ3v) is 6.05. The summed E-state index contributed by atoms with van der Waals surface area (Å²) in [7, 11) is 1.41. The van der Waals surface area contributed by atoms with Crippen LogP contribution in [-0.2, 0) is 6.42 Å². The number of carbonyl (C=O) groups is 1. The second-order valence-electron chi connectivity index (χ2n) is 8.16. The average Bonchev–Trinajstić information content (AvgIpc) is 3.47. The highest BCUT2D eigenvalue weighted by molar-refractivity contribution is 6.06. The molecule has 3 aromatic rings. The molecule has 2 aliphatic heterocycles. The second-order valence-corrected chi connectivity index (χ2v) is 8.16. The third kappa shape index (κ3) is 4.11. The lowest BCUT2D eigenvalue weighted by molar-refractivity contribution is 0.0947. The number of halogens is 1. The van der Waals surface area contributed by atoms with Crippen LogP contribution in [0, 0.1) is 5.82 Å². The van der Waals surface area contributed by atoms with Crippen LogP contribution < -0.4 is 25.4 Å². The molecule has 0 unspecified atom stereocenters. The molecule has 0 aliphatic carbocycles. The molecule has 1 aromatic carbocycles. The summed E-state index contributed by atoms with van der Waals surface area (Å²) >= 11 is 0. The summed E-state index contributed by atoms with van der Waals surface area (Å²) in [5.41, 5.74) is 3.73. The number of amides is 1. The fourth-order valence-corrected chi connectivity index (χ4v) is 4.45. The number of methoxy groups -OCH3 is 1. The monoisotopic (exact) mass is 451 g/mol. The first-order chi connectivity index (χ1) is 16.2. The molecule has 33 heavy (non-hydrogen) atoms. The normalized spacial score (nSPS) is 17.4. The first kappa shape index (κ1) is 21.3. The lowest BCUT2D eigenvalue weighted by Gasteiger charge is -2.18. The van der Waals surface area contributed by atoms with E-state index >= 15 is 0 Å². The standard InChI is InChI=1S/C24H26FN5O3/c1-32-23-16(25)5-2-6-18(23)30-22-20-17(8-11-28-24(20)31)29-21(22)15-7-10-26-12-19(15)33-13-14-4-3-9-27-14/h2,5-7,10,12,14,27,29-30H,3-4,8-9,11,13H2,1H3,(H,28,31)/t14-/m0/s1. The highest BCUT2D eigenvalue weighted by Gasteiger charge is 2.29. The Morgan fingerprint density at radius 2 is 2.18 bits per heavy atom. The van der Waals surface area contributed by atoms with Crippen molar-refractivity contribution in [2.45, 2.75) is 25.3 Å². The van der Waals surface area contributed by atoms with Crippen LogP contribution in [0.15, 0.2) is 36.7 Å². The Morgan fingerprint density at radius 3 is 3.00 bits per heavy atom. The molecule has 0 spiro atoms. The van der Waals surface area contributed by atoms with E-state index in [0.29, 0.717) is 54.0 Å². The van der Waals surface area contributed by atoms with Crippen molar-refractivity contribution in [3.63, 3.8) is 0 Å². The van der Waals surface area contributed by atoms with Crippen LogP contribution in [0.3, 0.4) is 0 Å². The maximum absolute atomic E-state index is 14.3. The molecule has 8 nitrogen and oxygen atoms in total. The zero-order chi connectivity index (χ0) is 22.8. The lowest BCUT2D eigenvalue weighted by Crippen LogP contribution is -2.31. The molecule has 2 aliphatic rings. The number of rotatable bonds is 7. The van der Waals surface area contributed by atoms with Gasteiger partial charge in [0.15, 0.2) is 11.6 Å². The van der Waals surface area contributed by atoms with Crippen molar-refractivity contribution in [1.82, 2.24) is 20.6 Å². The molecule has 0 radical (unpaired) electrons. The molecular formula is C24H26FN5O3. The number of nitrogens with zero attached hydrogens (tertiary/aromatic N) is 1. The van der Waals surface area contributed by atoms with Crippen LogP contribution in [0.4, 0.5) is 15.8 Å². The number of pyridine rings is 1. The van der Waals surface area contributed by atoms with Crippen molar-refractivity contribution < 1.29 is 18.7 Å².